The Morgan fingerprint density at radius 1 is 1.40 bits per heavy atom. The van der Waals surface area contributed by atoms with Gasteiger partial charge in [0.25, 0.3) is 0 Å². The molecule has 1 aromatic heterocycles. The van der Waals surface area contributed by atoms with Crippen molar-refractivity contribution in [2.45, 2.75) is 51.9 Å². The first-order chi connectivity index (χ1) is 9.06. The van der Waals surface area contributed by atoms with Crippen LogP contribution in [0.1, 0.15) is 32.4 Å². The van der Waals surface area contributed by atoms with Crippen molar-refractivity contribution in [3.63, 3.8) is 0 Å². The summed E-state index contributed by atoms with van der Waals surface area (Å²) in [5, 5.41) is 5.17. The van der Waals surface area contributed by atoms with Gasteiger partial charge >= 0.3 is 6.09 Å². The summed E-state index contributed by atoms with van der Waals surface area (Å²) in [6.07, 6.45) is -0.248. The standard InChI is InChI=1S/C14H24N2O3Si/c1-14(2,3)18-13(17)16-8-10(9-16)11-7-12(19-15-11)20(4,5)6/h7,10H,8-9H2,1-6H3. The van der Waals surface area contributed by atoms with Crippen molar-refractivity contribution in [2.24, 2.45) is 0 Å². The lowest BCUT2D eigenvalue weighted by Crippen LogP contribution is -2.50. The summed E-state index contributed by atoms with van der Waals surface area (Å²) >= 11 is 0. The molecule has 0 aliphatic carbocycles. The lowest BCUT2D eigenvalue weighted by molar-refractivity contribution is 0.00764. The number of amides is 1. The number of rotatable bonds is 2. The molecule has 1 fully saturated rings. The number of ether oxygens (including phenoxy) is 1. The molecule has 0 spiro atoms. The molecule has 0 atom stereocenters. The van der Waals surface area contributed by atoms with Crippen LogP contribution >= 0.6 is 0 Å². The molecule has 2 heterocycles. The van der Waals surface area contributed by atoms with E-state index in [0.717, 1.165) is 11.1 Å². The fraction of sp³-hybridized carbons (Fsp3) is 0.714. The summed E-state index contributed by atoms with van der Waals surface area (Å²) in [5.41, 5.74) is 0.517. The summed E-state index contributed by atoms with van der Waals surface area (Å²) in [6.45, 7) is 13.6. The lowest BCUT2D eigenvalue weighted by Gasteiger charge is -2.38. The SMILES string of the molecule is CC(C)(C)OC(=O)N1CC(c2cc([Si](C)(C)C)on2)C1. The average molecular weight is 296 g/mol. The number of likely N-dealkylation sites (tertiary alicyclic amines) is 1. The van der Waals surface area contributed by atoms with E-state index in [2.05, 4.69) is 30.9 Å². The summed E-state index contributed by atoms with van der Waals surface area (Å²) in [7, 11) is -1.45. The van der Waals surface area contributed by atoms with E-state index in [-0.39, 0.29) is 12.0 Å². The fourth-order valence-corrected chi connectivity index (χ4v) is 2.88. The van der Waals surface area contributed by atoms with Gasteiger partial charge in [0.15, 0.2) is 0 Å². The Morgan fingerprint density at radius 3 is 2.45 bits per heavy atom. The Morgan fingerprint density at radius 2 is 2.00 bits per heavy atom. The van der Waals surface area contributed by atoms with Gasteiger partial charge in [0, 0.05) is 19.0 Å². The minimum atomic E-state index is -1.45. The Hall–Kier alpha value is -1.30. The Balaban J connectivity index is 1.90. The van der Waals surface area contributed by atoms with Gasteiger partial charge in [0.1, 0.15) is 19.1 Å². The molecule has 5 nitrogen and oxygen atoms in total. The van der Waals surface area contributed by atoms with Gasteiger partial charge in [-0.2, -0.15) is 0 Å². The van der Waals surface area contributed by atoms with Crippen LogP contribution in [0.3, 0.4) is 0 Å². The number of aromatic nitrogens is 1. The first kappa shape index (κ1) is 15.1. The van der Waals surface area contributed by atoms with Gasteiger partial charge < -0.3 is 14.2 Å². The molecule has 6 heteroatoms. The molecule has 2 rings (SSSR count). The molecule has 0 saturated carbocycles. The van der Waals surface area contributed by atoms with Crippen molar-refractivity contribution in [3.05, 3.63) is 11.8 Å². The van der Waals surface area contributed by atoms with E-state index in [1.165, 1.54) is 0 Å². The zero-order chi connectivity index (χ0) is 15.1. The van der Waals surface area contributed by atoms with Crippen LogP contribution < -0.4 is 5.38 Å². The van der Waals surface area contributed by atoms with Crippen molar-refractivity contribution in [1.82, 2.24) is 10.1 Å². The van der Waals surface area contributed by atoms with Crippen LogP contribution in [0.25, 0.3) is 0 Å². The molecular weight excluding hydrogens is 272 g/mol. The van der Waals surface area contributed by atoms with Crippen LogP contribution in [0.15, 0.2) is 10.6 Å². The third-order valence-corrected chi connectivity index (χ3v) is 4.93. The highest BCUT2D eigenvalue weighted by molar-refractivity contribution is 6.87. The number of carbonyl (C=O) groups is 1. The maximum absolute atomic E-state index is 11.8. The van der Waals surface area contributed by atoms with Gasteiger partial charge in [-0.25, -0.2) is 4.79 Å². The highest BCUT2D eigenvalue weighted by atomic mass is 28.3. The van der Waals surface area contributed by atoms with Crippen molar-refractivity contribution in [1.29, 1.82) is 0 Å². The maximum Gasteiger partial charge on any atom is 0.410 e. The van der Waals surface area contributed by atoms with Crippen LogP contribution in [-0.4, -0.2) is 42.9 Å². The van der Waals surface area contributed by atoms with Crippen LogP contribution in [0.5, 0.6) is 0 Å². The van der Waals surface area contributed by atoms with Gasteiger partial charge in [-0.05, 0) is 26.8 Å². The van der Waals surface area contributed by atoms with E-state index in [0.29, 0.717) is 13.1 Å². The first-order valence-corrected chi connectivity index (χ1v) is 10.5. The van der Waals surface area contributed by atoms with Gasteiger partial charge in [0.2, 0.25) is 0 Å². The average Bonchev–Trinajstić information content (AvgIpc) is 2.60. The van der Waals surface area contributed by atoms with E-state index in [4.69, 9.17) is 9.26 Å². The van der Waals surface area contributed by atoms with Gasteiger partial charge in [0.05, 0.1) is 5.69 Å². The van der Waals surface area contributed by atoms with Gasteiger partial charge in [-0.3, -0.25) is 0 Å². The second-order valence-electron chi connectivity index (χ2n) is 7.45. The van der Waals surface area contributed by atoms with Crippen LogP contribution in [0.2, 0.25) is 19.6 Å². The van der Waals surface area contributed by atoms with Crippen molar-refractivity contribution >= 4 is 19.6 Å². The molecule has 1 aromatic rings. The Kier molecular flexibility index (Phi) is 3.71. The predicted molar refractivity (Wildman–Crippen MR) is 80.0 cm³/mol. The molecular formula is C14H24N2O3Si. The molecule has 20 heavy (non-hydrogen) atoms. The van der Waals surface area contributed by atoms with E-state index >= 15 is 0 Å². The highest BCUT2D eigenvalue weighted by Crippen LogP contribution is 2.27. The molecule has 0 radical (unpaired) electrons. The van der Waals surface area contributed by atoms with Crippen LogP contribution in [-0.2, 0) is 4.74 Å². The highest BCUT2D eigenvalue weighted by Gasteiger charge is 2.37. The minimum Gasteiger partial charge on any atom is -0.444 e. The zero-order valence-corrected chi connectivity index (χ0v) is 14.2. The quantitative estimate of drug-likeness (QED) is 0.787. The van der Waals surface area contributed by atoms with Crippen molar-refractivity contribution in [3.8, 4) is 0 Å². The summed E-state index contributed by atoms with van der Waals surface area (Å²) in [6, 6.07) is 2.06. The topological polar surface area (TPSA) is 55.6 Å². The van der Waals surface area contributed by atoms with E-state index in [1.54, 1.807) is 4.90 Å². The Labute approximate surface area is 121 Å². The minimum absolute atomic E-state index is 0.248. The van der Waals surface area contributed by atoms with Crippen LogP contribution in [0, 0.1) is 0 Å². The normalized spacial score (nSPS) is 17.0. The van der Waals surface area contributed by atoms with Gasteiger partial charge in [-0.15, -0.1) is 0 Å². The number of carbonyl (C=O) groups excluding carboxylic acids is 1. The second kappa shape index (κ2) is 4.91. The van der Waals surface area contributed by atoms with Crippen LogP contribution in [0.4, 0.5) is 4.79 Å². The maximum atomic E-state index is 11.8. The molecule has 1 saturated heterocycles. The second-order valence-corrected chi connectivity index (χ2v) is 12.4. The molecule has 1 aliphatic rings. The molecule has 0 unspecified atom stereocenters. The smallest absolute Gasteiger partial charge is 0.410 e. The monoisotopic (exact) mass is 296 g/mol. The molecule has 1 aliphatic heterocycles. The first-order valence-electron chi connectivity index (χ1n) is 7.01. The Bertz CT molecular complexity index is 493. The van der Waals surface area contributed by atoms with E-state index in [1.807, 2.05) is 20.8 Å². The number of nitrogens with zero attached hydrogens (tertiary/aromatic N) is 2. The summed E-state index contributed by atoms with van der Waals surface area (Å²) in [4.78, 5) is 13.6. The third kappa shape index (κ3) is 3.42. The molecule has 1 amide bonds. The largest absolute Gasteiger partial charge is 0.444 e. The lowest BCUT2D eigenvalue weighted by atomic mass is 9.97. The number of hydrogen-bond donors (Lipinski definition) is 0. The van der Waals surface area contributed by atoms with E-state index in [9.17, 15) is 4.79 Å². The summed E-state index contributed by atoms with van der Waals surface area (Å²) < 4.78 is 10.8. The molecule has 0 bridgehead atoms. The van der Waals surface area contributed by atoms with E-state index < -0.39 is 13.7 Å². The third-order valence-electron chi connectivity index (χ3n) is 3.22. The molecule has 0 N–H and O–H groups in total. The van der Waals surface area contributed by atoms with Gasteiger partial charge in [-0.1, -0.05) is 24.8 Å². The summed E-state index contributed by atoms with van der Waals surface area (Å²) in [5.74, 6) is 0.274. The van der Waals surface area contributed by atoms with Crippen molar-refractivity contribution < 1.29 is 14.1 Å². The molecule has 0 aromatic carbocycles. The molecule has 112 valence electrons. The predicted octanol–water partition coefficient (Wildman–Crippen LogP) is 2.55. The fourth-order valence-electron chi connectivity index (χ4n) is 1.98. The zero-order valence-electron chi connectivity index (χ0n) is 13.2. The van der Waals surface area contributed by atoms with Crippen molar-refractivity contribution in [2.75, 3.05) is 13.1 Å². The number of hydrogen-bond acceptors (Lipinski definition) is 4.